The number of rotatable bonds is 49. The maximum Gasteiger partial charge on any atom is 0.306 e. The third kappa shape index (κ3) is 53.0. The molecular formula is C62H102O6. The Morgan fingerprint density at radius 2 is 0.574 bits per heavy atom. The number of carbonyl (C=O) groups is 3. The average molecular weight is 943 g/mol. The van der Waals surface area contributed by atoms with E-state index in [1.165, 1.54) is 57.8 Å². The van der Waals surface area contributed by atoms with Gasteiger partial charge in [0.2, 0.25) is 0 Å². The summed E-state index contributed by atoms with van der Waals surface area (Å²) in [6.07, 6.45) is 75.0. The summed E-state index contributed by atoms with van der Waals surface area (Å²) in [5.74, 6) is -0.933. The summed E-state index contributed by atoms with van der Waals surface area (Å²) in [6, 6.07) is 0. The van der Waals surface area contributed by atoms with Gasteiger partial charge in [-0.1, -0.05) is 214 Å². The zero-order chi connectivity index (χ0) is 49.3. The van der Waals surface area contributed by atoms with E-state index in [1.54, 1.807) is 0 Å². The third-order valence-corrected chi connectivity index (χ3v) is 11.5. The zero-order valence-corrected chi connectivity index (χ0v) is 44.1. The predicted octanol–water partition coefficient (Wildman–Crippen LogP) is 18.7. The molecule has 0 radical (unpaired) electrons. The molecule has 0 fully saturated rings. The van der Waals surface area contributed by atoms with Crippen LogP contribution in [-0.4, -0.2) is 37.2 Å². The van der Waals surface area contributed by atoms with Crippen LogP contribution in [0.4, 0.5) is 0 Å². The summed E-state index contributed by atoms with van der Waals surface area (Å²) in [5, 5.41) is 0. The number of hydrogen-bond acceptors (Lipinski definition) is 6. The molecule has 0 spiro atoms. The summed E-state index contributed by atoms with van der Waals surface area (Å²) in [4.78, 5) is 38.1. The molecule has 6 nitrogen and oxygen atoms in total. The molecule has 0 rings (SSSR count). The van der Waals surface area contributed by atoms with Gasteiger partial charge in [0.05, 0.1) is 0 Å². The molecule has 0 saturated heterocycles. The van der Waals surface area contributed by atoms with Crippen molar-refractivity contribution >= 4 is 17.9 Å². The molecule has 0 heterocycles. The minimum absolute atomic E-state index is 0.0946. The number of hydrogen-bond donors (Lipinski definition) is 0. The van der Waals surface area contributed by atoms with Crippen LogP contribution in [0.25, 0.3) is 0 Å². The van der Waals surface area contributed by atoms with Crippen LogP contribution in [0, 0.1) is 0 Å². The quantitative estimate of drug-likeness (QED) is 0.0262. The Morgan fingerprint density at radius 1 is 0.309 bits per heavy atom. The second kappa shape index (κ2) is 55.7. The Kier molecular flexibility index (Phi) is 52.4. The lowest BCUT2D eigenvalue weighted by Crippen LogP contribution is -2.30. The first-order valence-electron chi connectivity index (χ1n) is 27.9. The molecule has 0 aliphatic heterocycles. The van der Waals surface area contributed by atoms with E-state index < -0.39 is 6.10 Å². The Morgan fingerprint density at radius 3 is 0.912 bits per heavy atom. The fourth-order valence-corrected chi connectivity index (χ4v) is 7.36. The highest BCUT2D eigenvalue weighted by molar-refractivity contribution is 5.71. The molecule has 6 heteroatoms. The Balaban J connectivity index is 4.44. The Bertz CT molecular complexity index is 1410. The van der Waals surface area contributed by atoms with E-state index in [0.29, 0.717) is 19.3 Å². The lowest BCUT2D eigenvalue weighted by molar-refractivity contribution is -0.167. The van der Waals surface area contributed by atoms with Crippen molar-refractivity contribution in [3.63, 3.8) is 0 Å². The zero-order valence-electron chi connectivity index (χ0n) is 44.1. The summed E-state index contributed by atoms with van der Waals surface area (Å²) in [5.41, 5.74) is 0. The number of allylic oxidation sites excluding steroid dienone is 18. The molecule has 0 aromatic heterocycles. The molecule has 0 N–H and O–H groups in total. The molecule has 0 amide bonds. The van der Waals surface area contributed by atoms with Crippen LogP contribution in [-0.2, 0) is 28.6 Å². The van der Waals surface area contributed by atoms with Gasteiger partial charge >= 0.3 is 17.9 Å². The van der Waals surface area contributed by atoms with Crippen molar-refractivity contribution in [3.05, 3.63) is 109 Å². The van der Waals surface area contributed by atoms with E-state index in [-0.39, 0.29) is 31.1 Å². The van der Waals surface area contributed by atoms with Gasteiger partial charge in [-0.15, -0.1) is 0 Å². The highest BCUT2D eigenvalue weighted by Crippen LogP contribution is 2.14. The Labute approximate surface area is 419 Å². The van der Waals surface area contributed by atoms with Crippen molar-refractivity contribution < 1.29 is 28.6 Å². The fraction of sp³-hybridized carbons (Fsp3) is 0.661. The summed E-state index contributed by atoms with van der Waals surface area (Å²) < 4.78 is 16.8. The van der Waals surface area contributed by atoms with Crippen LogP contribution in [0.1, 0.15) is 245 Å². The molecule has 1 unspecified atom stereocenters. The smallest absolute Gasteiger partial charge is 0.306 e. The van der Waals surface area contributed by atoms with Gasteiger partial charge in [-0.3, -0.25) is 14.4 Å². The lowest BCUT2D eigenvalue weighted by atomic mass is 10.1. The largest absolute Gasteiger partial charge is 0.462 e. The second-order valence-electron chi connectivity index (χ2n) is 18.1. The van der Waals surface area contributed by atoms with E-state index in [4.69, 9.17) is 14.2 Å². The third-order valence-electron chi connectivity index (χ3n) is 11.5. The molecule has 386 valence electrons. The van der Waals surface area contributed by atoms with E-state index in [0.717, 1.165) is 148 Å². The predicted molar refractivity (Wildman–Crippen MR) is 293 cm³/mol. The van der Waals surface area contributed by atoms with Gasteiger partial charge in [-0.25, -0.2) is 0 Å². The van der Waals surface area contributed by atoms with Gasteiger partial charge in [-0.05, 0) is 122 Å². The lowest BCUT2D eigenvalue weighted by Gasteiger charge is -2.18. The summed E-state index contributed by atoms with van der Waals surface area (Å²) in [7, 11) is 0. The van der Waals surface area contributed by atoms with Crippen molar-refractivity contribution in [2.75, 3.05) is 13.2 Å². The maximum absolute atomic E-state index is 12.8. The van der Waals surface area contributed by atoms with E-state index in [9.17, 15) is 14.4 Å². The number of carbonyl (C=O) groups excluding carboxylic acids is 3. The number of unbranched alkanes of at least 4 members (excludes halogenated alkanes) is 20. The van der Waals surface area contributed by atoms with Crippen LogP contribution in [0.3, 0.4) is 0 Å². The monoisotopic (exact) mass is 943 g/mol. The minimum Gasteiger partial charge on any atom is -0.462 e. The van der Waals surface area contributed by atoms with Gasteiger partial charge in [0.15, 0.2) is 6.10 Å². The SMILES string of the molecule is CC/C=C\C/C=C\C/C=C\C/C=C\CCCCCCCCC(=O)OCC(COC(=O)CCCCCCC/C=C\CCCCC)OC(=O)CCCCCCCC/C=C\C/C=C\C/C=C\C/C=C\CC. The van der Waals surface area contributed by atoms with Crippen LogP contribution in [0.5, 0.6) is 0 Å². The van der Waals surface area contributed by atoms with Crippen molar-refractivity contribution in [1.82, 2.24) is 0 Å². The minimum atomic E-state index is -0.797. The van der Waals surface area contributed by atoms with Gasteiger partial charge in [0.25, 0.3) is 0 Å². The standard InChI is InChI=1S/C62H102O6/c1-4-7-10-13-16-19-22-25-27-29-31-33-35-37-40-43-46-49-52-55-61(64)67-58-59(57-66-60(63)54-51-48-45-42-39-24-21-18-15-12-9-6-3)68-62(65)56-53-50-47-44-41-38-36-34-32-30-28-26-23-20-17-14-11-8-5-2/h7-8,10-11,16-21,25-28,31-34,59H,4-6,9,12-15,22-24,29-30,35-58H2,1-3H3/b10-7-,11-8-,19-16-,20-17-,21-18-,27-25-,28-26-,33-31-,34-32-. The normalized spacial score (nSPS) is 12.9. The highest BCUT2D eigenvalue weighted by atomic mass is 16.6. The van der Waals surface area contributed by atoms with Crippen LogP contribution in [0.15, 0.2) is 109 Å². The Hall–Kier alpha value is -3.93. The fourth-order valence-electron chi connectivity index (χ4n) is 7.36. The molecule has 0 aromatic rings. The van der Waals surface area contributed by atoms with Crippen LogP contribution >= 0.6 is 0 Å². The van der Waals surface area contributed by atoms with Crippen LogP contribution < -0.4 is 0 Å². The van der Waals surface area contributed by atoms with E-state index in [1.807, 2.05) is 0 Å². The topological polar surface area (TPSA) is 78.9 Å². The molecule has 0 bridgehead atoms. The first-order chi connectivity index (χ1) is 33.5. The van der Waals surface area contributed by atoms with Crippen molar-refractivity contribution in [2.24, 2.45) is 0 Å². The first kappa shape index (κ1) is 64.1. The summed E-state index contributed by atoms with van der Waals surface area (Å²) >= 11 is 0. The molecule has 1 atom stereocenters. The van der Waals surface area contributed by atoms with Gasteiger partial charge in [0, 0.05) is 19.3 Å². The molecule has 0 saturated carbocycles. The number of ether oxygens (including phenoxy) is 3. The molecule has 0 aliphatic carbocycles. The van der Waals surface area contributed by atoms with E-state index >= 15 is 0 Å². The van der Waals surface area contributed by atoms with Gasteiger partial charge in [0.1, 0.15) is 13.2 Å². The van der Waals surface area contributed by atoms with Gasteiger partial charge < -0.3 is 14.2 Å². The molecular weight excluding hydrogens is 841 g/mol. The number of esters is 3. The second-order valence-corrected chi connectivity index (χ2v) is 18.1. The average Bonchev–Trinajstić information content (AvgIpc) is 3.34. The molecule has 0 aliphatic rings. The van der Waals surface area contributed by atoms with E-state index in [2.05, 4.69) is 130 Å². The van der Waals surface area contributed by atoms with Crippen LogP contribution in [0.2, 0.25) is 0 Å². The van der Waals surface area contributed by atoms with Crippen molar-refractivity contribution in [1.29, 1.82) is 0 Å². The first-order valence-corrected chi connectivity index (χ1v) is 27.9. The summed E-state index contributed by atoms with van der Waals surface area (Å²) in [6.45, 7) is 6.36. The molecule has 68 heavy (non-hydrogen) atoms. The van der Waals surface area contributed by atoms with Crippen molar-refractivity contribution in [2.45, 2.75) is 252 Å². The maximum atomic E-state index is 12.8. The van der Waals surface area contributed by atoms with Gasteiger partial charge in [-0.2, -0.15) is 0 Å². The molecule has 0 aromatic carbocycles. The van der Waals surface area contributed by atoms with Crippen molar-refractivity contribution in [3.8, 4) is 0 Å². The highest BCUT2D eigenvalue weighted by Gasteiger charge is 2.19.